The Hall–Kier alpha value is -0.820. The topological polar surface area (TPSA) is 12.0 Å². The molecule has 0 aliphatic heterocycles. The van der Waals surface area contributed by atoms with Crippen LogP contribution in [0, 0.1) is 5.41 Å². The van der Waals surface area contributed by atoms with Gasteiger partial charge in [0.1, 0.15) is 0 Å². The van der Waals surface area contributed by atoms with Crippen molar-refractivity contribution in [3.8, 4) is 0 Å². The molecule has 0 bridgehead atoms. The maximum absolute atomic E-state index is 3.89. The maximum Gasteiger partial charge on any atom is -0.00295 e. The predicted octanol–water partition coefficient (Wildman–Crippen LogP) is 3.99. The van der Waals surface area contributed by atoms with Crippen molar-refractivity contribution in [1.82, 2.24) is 5.32 Å². The van der Waals surface area contributed by atoms with Gasteiger partial charge in [0.25, 0.3) is 0 Å². The predicted molar refractivity (Wildman–Crippen MR) is 75.0 cm³/mol. The molecule has 0 radical (unpaired) electrons. The van der Waals surface area contributed by atoms with E-state index < -0.39 is 0 Å². The molecule has 2 aliphatic carbocycles. The second-order valence-electron chi connectivity index (χ2n) is 5.42. The second-order valence-corrected chi connectivity index (χ2v) is 5.42. The summed E-state index contributed by atoms with van der Waals surface area (Å²) in [5.74, 6) is 0. The number of allylic oxidation sites excluding steroid dienone is 5. The third kappa shape index (κ3) is 2.55. The third-order valence-corrected chi connectivity index (χ3v) is 4.44. The lowest BCUT2D eigenvalue weighted by Gasteiger charge is -2.32. The summed E-state index contributed by atoms with van der Waals surface area (Å²) < 4.78 is 0. The first-order valence-corrected chi connectivity index (χ1v) is 6.97. The van der Waals surface area contributed by atoms with Gasteiger partial charge in [0.15, 0.2) is 0 Å². The molecule has 0 aromatic rings. The molecular weight excluding hydrogens is 206 g/mol. The minimum absolute atomic E-state index is 0.448. The van der Waals surface area contributed by atoms with Crippen LogP contribution in [0.3, 0.4) is 0 Å². The largest absolute Gasteiger partial charge is 0.320 e. The van der Waals surface area contributed by atoms with Gasteiger partial charge in [0, 0.05) is 0 Å². The molecular formula is C16H25N. The Morgan fingerprint density at radius 3 is 3.06 bits per heavy atom. The van der Waals surface area contributed by atoms with Crippen molar-refractivity contribution in [3.63, 3.8) is 0 Å². The fourth-order valence-corrected chi connectivity index (χ4v) is 3.43. The molecule has 0 saturated carbocycles. The van der Waals surface area contributed by atoms with E-state index in [1.807, 2.05) is 0 Å². The first-order valence-electron chi connectivity index (χ1n) is 6.97. The van der Waals surface area contributed by atoms with Crippen LogP contribution in [0.25, 0.3) is 0 Å². The third-order valence-electron chi connectivity index (χ3n) is 4.44. The molecule has 0 heterocycles. The molecule has 1 N–H and O–H groups in total. The van der Waals surface area contributed by atoms with Crippen LogP contribution < -0.4 is 5.32 Å². The zero-order valence-electron chi connectivity index (χ0n) is 11.1. The van der Waals surface area contributed by atoms with Gasteiger partial charge in [-0.2, -0.15) is 0 Å². The molecule has 94 valence electrons. The molecule has 0 fully saturated rings. The number of rotatable bonds is 6. The van der Waals surface area contributed by atoms with Crippen LogP contribution in [-0.2, 0) is 0 Å². The van der Waals surface area contributed by atoms with E-state index in [0.717, 1.165) is 13.0 Å². The lowest BCUT2D eigenvalue weighted by Crippen LogP contribution is -2.25. The molecule has 0 saturated heterocycles. The highest BCUT2D eigenvalue weighted by Gasteiger charge is 2.38. The van der Waals surface area contributed by atoms with Crippen molar-refractivity contribution in [2.45, 2.75) is 44.9 Å². The molecule has 2 rings (SSSR count). The fourth-order valence-electron chi connectivity index (χ4n) is 3.43. The lowest BCUT2D eigenvalue weighted by molar-refractivity contribution is 0.303. The minimum Gasteiger partial charge on any atom is -0.320 e. The SMILES string of the molecule is C=CCCC1(CCNC)CCC2=C1C=CCC2. The second kappa shape index (κ2) is 5.68. The van der Waals surface area contributed by atoms with Crippen LogP contribution in [-0.4, -0.2) is 13.6 Å². The Bertz CT molecular complexity index is 337. The standard InChI is InChI=1S/C16H25N/c1-3-4-10-16(12-13-17-2)11-9-14-7-5-6-8-15(14)16/h3,6,8,17H,1,4-5,7,9-13H2,2H3. The van der Waals surface area contributed by atoms with Gasteiger partial charge in [-0.15, -0.1) is 6.58 Å². The van der Waals surface area contributed by atoms with Crippen molar-refractivity contribution in [2.24, 2.45) is 5.41 Å². The first-order chi connectivity index (χ1) is 8.32. The molecule has 2 aliphatic rings. The zero-order valence-corrected chi connectivity index (χ0v) is 11.1. The van der Waals surface area contributed by atoms with E-state index in [9.17, 15) is 0 Å². The molecule has 1 unspecified atom stereocenters. The van der Waals surface area contributed by atoms with Gasteiger partial charge >= 0.3 is 0 Å². The summed E-state index contributed by atoms with van der Waals surface area (Å²) in [5, 5.41) is 3.32. The van der Waals surface area contributed by atoms with E-state index in [0.29, 0.717) is 5.41 Å². The van der Waals surface area contributed by atoms with Gasteiger partial charge in [0.2, 0.25) is 0 Å². The highest BCUT2D eigenvalue weighted by Crippen LogP contribution is 2.51. The summed E-state index contributed by atoms with van der Waals surface area (Å²) in [6.07, 6.45) is 15.8. The first kappa shape index (κ1) is 12.6. The van der Waals surface area contributed by atoms with Gasteiger partial charge in [-0.05, 0) is 69.5 Å². The van der Waals surface area contributed by atoms with E-state index in [-0.39, 0.29) is 0 Å². The highest BCUT2D eigenvalue weighted by atomic mass is 14.8. The van der Waals surface area contributed by atoms with Crippen LogP contribution >= 0.6 is 0 Å². The molecule has 1 heteroatoms. The van der Waals surface area contributed by atoms with Crippen LogP contribution in [0.5, 0.6) is 0 Å². The van der Waals surface area contributed by atoms with E-state index in [1.54, 1.807) is 11.1 Å². The summed E-state index contributed by atoms with van der Waals surface area (Å²) in [6.45, 7) is 5.01. The van der Waals surface area contributed by atoms with E-state index >= 15 is 0 Å². The molecule has 17 heavy (non-hydrogen) atoms. The summed E-state index contributed by atoms with van der Waals surface area (Å²) in [7, 11) is 2.06. The number of nitrogens with one attached hydrogen (secondary N) is 1. The fraction of sp³-hybridized carbons (Fsp3) is 0.625. The van der Waals surface area contributed by atoms with Gasteiger partial charge in [-0.1, -0.05) is 23.8 Å². The number of hydrogen-bond donors (Lipinski definition) is 1. The molecule has 1 nitrogen and oxygen atoms in total. The Morgan fingerprint density at radius 1 is 1.41 bits per heavy atom. The lowest BCUT2D eigenvalue weighted by atomic mass is 9.73. The van der Waals surface area contributed by atoms with Crippen LogP contribution in [0.1, 0.15) is 44.9 Å². The van der Waals surface area contributed by atoms with Gasteiger partial charge in [-0.3, -0.25) is 0 Å². The van der Waals surface area contributed by atoms with Crippen molar-refractivity contribution in [3.05, 3.63) is 36.0 Å². The van der Waals surface area contributed by atoms with Crippen molar-refractivity contribution in [1.29, 1.82) is 0 Å². The quantitative estimate of drug-likeness (QED) is 0.682. The van der Waals surface area contributed by atoms with Gasteiger partial charge in [-0.25, -0.2) is 0 Å². The Morgan fingerprint density at radius 2 is 2.29 bits per heavy atom. The van der Waals surface area contributed by atoms with Gasteiger partial charge < -0.3 is 5.32 Å². The van der Waals surface area contributed by atoms with Gasteiger partial charge in [0.05, 0.1) is 0 Å². The van der Waals surface area contributed by atoms with Crippen LogP contribution in [0.4, 0.5) is 0 Å². The average Bonchev–Trinajstić information content (AvgIpc) is 2.74. The molecule has 0 aromatic heterocycles. The van der Waals surface area contributed by atoms with E-state index in [2.05, 4.69) is 37.2 Å². The summed E-state index contributed by atoms with van der Waals surface area (Å²) in [5.41, 5.74) is 3.87. The van der Waals surface area contributed by atoms with Crippen molar-refractivity contribution < 1.29 is 0 Å². The normalized spacial score (nSPS) is 27.4. The van der Waals surface area contributed by atoms with E-state index in [4.69, 9.17) is 0 Å². The molecule has 1 atom stereocenters. The number of hydrogen-bond acceptors (Lipinski definition) is 1. The molecule has 0 aromatic carbocycles. The van der Waals surface area contributed by atoms with E-state index in [1.165, 1.54) is 38.5 Å². The van der Waals surface area contributed by atoms with Crippen LogP contribution in [0.2, 0.25) is 0 Å². The zero-order chi connectivity index (χ0) is 12.1. The summed E-state index contributed by atoms with van der Waals surface area (Å²) in [6, 6.07) is 0. The maximum atomic E-state index is 3.89. The molecule has 0 amide bonds. The van der Waals surface area contributed by atoms with Crippen LogP contribution in [0.15, 0.2) is 36.0 Å². The Labute approximate surface area is 106 Å². The summed E-state index contributed by atoms with van der Waals surface area (Å²) >= 11 is 0. The summed E-state index contributed by atoms with van der Waals surface area (Å²) in [4.78, 5) is 0. The molecule has 0 spiro atoms. The highest BCUT2D eigenvalue weighted by molar-refractivity contribution is 5.39. The Balaban J connectivity index is 2.18. The van der Waals surface area contributed by atoms with Crippen molar-refractivity contribution in [2.75, 3.05) is 13.6 Å². The Kier molecular flexibility index (Phi) is 4.22. The smallest absolute Gasteiger partial charge is 0.00295 e. The average molecular weight is 231 g/mol. The minimum atomic E-state index is 0.448. The monoisotopic (exact) mass is 231 g/mol. The van der Waals surface area contributed by atoms with Crippen molar-refractivity contribution >= 4 is 0 Å².